The van der Waals surface area contributed by atoms with Crippen molar-refractivity contribution in [3.63, 3.8) is 0 Å². The predicted molar refractivity (Wildman–Crippen MR) is 76.7 cm³/mol. The third-order valence-electron chi connectivity index (χ3n) is 3.23. The van der Waals surface area contributed by atoms with Gasteiger partial charge in [0.15, 0.2) is 17.4 Å². The van der Waals surface area contributed by atoms with Crippen LogP contribution < -0.4 is 15.5 Å². The first-order chi connectivity index (χ1) is 10.5. The standard InChI is InChI=1S/C14H11ClFN3O3/c15-9-2-1-3-11(12(9)16)22-8-4-7-5-10(17)14(20)19(21)13(7)18-6-8/h1-4,6,10,21H,5,17H2/t10-/m0/s1. The smallest absolute Gasteiger partial charge is 0.269 e. The molecule has 1 aliphatic rings. The molecule has 3 N–H and O–H groups in total. The summed E-state index contributed by atoms with van der Waals surface area (Å²) in [5, 5.41) is 10.0. The molecule has 0 saturated heterocycles. The zero-order valence-electron chi connectivity index (χ0n) is 11.2. The van der Waals surface area contributed by atoms with Crippen LogP contribution in [0.1, 0.15) is 5.56 Å². The van der Waals surface area contributed by atoms with Crippen LogP contribution >= 0.6 is 11.6 Å². The highest BCUT2D eigenvalue weighted by Gasteiger charge is 2.31. The molecule has 2 heterocycles. The van der Waals surface area contributed by atoms with Gasteiger partial charge in [-0.15, -0.1) is 0 Å². The summed E-state index contributed by atoms with van der Waals surface area (Å²) in [6.07, 6.45) is 1.47. The van der Waals surface area contributed by atoms with Crippen LogP contribution in [-0.4, -0.2) is 22.1 Å². The molecular weight excluding hydrogens is 313 g/mol. The molecule has 0 spiro atoms. The minimum absolute atomic E-state index is 0.0497. The number of carbonyl (C=O) groups excluding carboxylic acids is 1. The fourth-order valence-electron chi connectivity index (χ4n) is 2.15. The minimum atomic E-state index is -0.863. The number of hydroxylamine groups is 1. The summed E-state index contributed by atoms with van der Waals surface area (Å²) in [5.74, 6) is -1.03. The van der Waals surface area contributed by atoms with Crippen molar-refractivity contribution in [3.05, 3.63) is 46.9 Å². The van der Waals surface area contributed by atoms with Crippen molar-refractivity contribution in [2.75, 3.05) is 5.06 Å². The van der Waals surface area contributed by atoms with Gasteiger partial charge in [-0.25, -0.2) is 9.37 Å². The molecule has 114 valence electrons. The first-order valence-corrected chi connectivity index (χ1v) is 6.74. The summed E-state index contributed by atoms with van der Waals surface area (Å²) >= 11 is 5.69. The summed E-state index contributed by atoms with van der Waals surface area (Å²) in [7, 11) is 0. The van der Waals surface area contributed by atoms with E-state index in [1.54, 1.807) is 6.07 Å². The van der Waals surface area contributed by atoms with Crippen LogP contribution in [0.2, 0.25) is 5.02 Å². The highest BCUT2D eigenvalue weighted by Crippen LogP contribution is 2.32. The zero-order chi connectivity index (χ0) is 15.9. The van der Waals surface area contributed by atoms with E-state index in [-0.39, 0.29) is 28.8 Å². The molecule has 1 aliphatic heterocycles. The Morgan fingerprint density at radius 2 is 2.27 bits per heavy atom. The minimum Gasteiger partial charge on any atom is -0.453 e. The first kappa shape index (κ1) is 14.7. The lowest BCUT2D eigenvalue weighted by molar-refractivity contribution is -0.125. The Morgan fingerprint density at radius 3 is 3.05 bits per heavy atom. The van der Waals surface area contributed by atoms with Gasteiger partial charge in [0.1, 0.15) is 5.75 Å². The molecule has 0 unspecified atom stereocenters. The normalized spacial score (nSPS) is 17.4. The Labute approximate surface area is 129 Å². The molecule has 0 bridgehead atoms. The Kier molecular flexibility index (Phi) is 3.69. The van der Waals surface area contributed by atoms with Gasteiger partial charge in [-0.2, -0.15) is 5.06 Å². The summed E-state index contributed by atoms with van der Waals surface area (Å²) in [4.78, 5) is 15.5. The lowest BCUT2D eigenvalue weighted by atomic mass is 10.0. The van der Waals surface area contributed by atoms with Crippen molar-refractivity contribution in [3.8, 4) is 11.5 Å². The third-order valence-corrected chi connectivity index (χ3v) is 3.52. The summed E-state index contributed by atoms with van der Waals surface area (Å²) < 4.78 is 19.2. The molecule has 1 aromatic carbocycles. The largest absolute Gasteiger partial charge is 0.453 e. The van der Waals surface area contributed by atoms with Crippen LogP contribution in [0.5, 0.6) is 11.5 Å². The number of amides is 1. The number of benzene rings is 1. The van der Waals surface area contributed by atoms with E-state index in [0.29, 0.717) is 10.6 Å². The maximum atomic E-state index is 13.8. The summed E-state index contributed by atoms with van der Waals surface area (Å²) in [6, 6.07) is 5.06. The summed E-state index contributed by atoms with van der Waals surface area (Å²) in [5.41, 5.74) is 6.16. The number of anilines is 1. The molecule has 1 aromatic heterocycles. The average Bonchev–Trinajstić information content (AvgIpc) is 2.49. The van der Waals surface area contributed by atoms with Crippen LogP contribution in [-0.2, 0) is 11.2 Å². The molecule has 8 heteroatoms. The van der Waals surface area contributed by atoms with E-state index in [1.807, 2.05) is 0 Å². The second-order valence-electron chi connectivity index (χ2n) is 4.77. The van der Waals surface area contributed by atoms with Crippen molar-refractivity contribution in [1.82, 2.24) is 4.98 Å². The van der Waals surface area contributed by atoms with Gasteiger partial charge in [0.2, 0.25) is 0 Å². The van der Waals surface area contributed by atoms with Crippen LogP contribution in [0.25, 0.3) is 0 Å². The van der Waals surface area contributed by atoms with E-state index < -0.39 is 17.8 Å². The zero-order valence-corrected chi connectivity index (χ0v) is 11.9. The number of nitrogens with zero attached hydrogens (tertiary/aromatic N) is 2. The van der Waals surface area contributed by atoms with Gasteiger partial charge >= 0.3 is 0 Å². The van der Waals surface area contributed by atoms with Gasteiger partial charge in [0, 0.05) is 12.0 Å². The van der Waals surface area contributed by atoms with Crippen LogP contribution in [0, 0.1) is 5.82 Å². The van der Waals surface area contributed by atoms with Crippen molar-refractivity contribution < 1.29 is 19.1 Å². The average molecular weight is 324 g/mol. The fraction of sp³-hybridized carbons (Fsp3) is 0.143. The highest BCUT2D eigenvalue weighted by molar-refractivity contribution is 6.30. The topological polar surface area (TPSA) is 88.7 Å². The molecule has 6 nitrogen and oxygen atoms in total. The third kappa shape index (κ3) is 2.50. The number of carbonyl (C=O) groups is 1. The lowest BCUT2D eigenvalue weighted by Gasteiger charge is -2.26. The van der Waals surface area contributed by atoms with E-state index in [4.69, 9.17) is 22.1 Å². The first-order valence-electron chi connectivity index (χ1n) is 6.36. The molecule has 3 rings (SSSR count). The maximum absolute atomic E-state index is 13.8. The monoisotopic (exact) mass is 323 g/mol. The van der Waals surface area contributed by atoms with Gasteiger partial charge in [-0.1, -0.05) is 17.7 Å². The highest BCUT2D eigenvalue weighted by atomic mass is 35.5. The number of hydrogen-bond acceptors (Lipinski definition) is 5. The van der Waals surface area contributed by atoms with Gasteiger partial charge in [-0.3, -0.25) is 10.0 Å². The molecule has 1 amide bonds. The quantitative estimate of drug-likeness (QED) is 0.828. The fourth-order valence-corrected chi connectivity index (χ4v) is 2.32. The molecule has 0 saturated carbocycles. The number of halogens is 2. The second-order valence-corrected chi connectivity index (χ2v) is 5.18. The van der Waals surface area contributed by atoms with Crippen LogP contribution in [0.15, 0.2) is 30.5 Å². The number of fused-ring (bicyclic) bond motifs is 1. The SMILES string of the molecule is N[C@H]1Cc2cc(Oc3cccc(Cl)c3F)cnc2N(O)C1=O. The van der Waals surface area contributed by atoms with Crippen molar-refractivity contribution in [2.45, 2.75) is 12.5 Å². The number of aromatic nitrogens is 1. The number of pyridine rings is 1. The van der Waals surface area contributed by atoms with Crippen molar-refractivity contribution >= 4 is 23.3 Å². The molecule has 0 radical (unpaired) electrons. The van der Waals surface area contributed by atoms with E-state index in [0.717, 1.165) is 0 Å². The molecular formula is C14H11ClFN3O3. The van der Waals surface area contributed by atoms with E-state index in [1.165, 1.54) is 24.4 Å². The number of nitrogens with two attached hydrogens (primary N) is 1. The predicted octanol–water partition coefficient (Wildman–Crippen LogP) is 2.27. The molecule has 22 heavy (non-hydrogen) atoms. The molecule has 2 aromatic rings. The van der Waals surface area contributed by atoms with Gasteiger partial charge in [-0.05, 0) is 18.2 Å². The Balaban J connectivity index is 1.93. The lowest BCUT2D eigenvalue weighted by Crippen LogP contribution is -2.47. The Bertz CT molecular complexity index is 756. The van der Waals surface area contributed by atoms with Gasteiger partial charge in [0.05, 0.1) is 17.3 Å². The van der Waals surface area contributed by atoms with Gasteiger partial charge < -0.3 is 10.5 Å². The van der Waals surface area contributed by atoms with E-state index >= 15 is 0 Å². The van der Waals surface area contributed by atoms with E-state index in [2.05, 4.69) is 4.98 Å². The number of ether oxygens (including phenoxy) is 1. The molecule has 0 aliphatic carbocycles. The van der Waals surface area contributed by atoms with Crippen molar-refractivity contribution in [2.24, 2.45) is 5.73 Å². The second kappa shape index (κ2) is 5.53. The number of rotatable bonds is 2. The van der Waals surface area contributed by atoms with Crippen molar-refractivity contribution in [1.29, 1.82) is 0 Å². The maximum Gasteiger partial charge on any atom is 0.269 e. The van der Waals surface area contributed by atoms with E-state index in [9.17, 15) is 14.4 Å². The number of hydrogen-bond donors (Lipinski definition) is 2. The van der Waals surface area contributed by atoms with Crippen LogP contribution in [0.3, 0.4) is 0 Å². The van der Waals surface area contributed by atoms with Crippen LogP contribution in [0.4, 0.5) is 10.2 Å². The summed E-state index contributed by atoms with van der Waals surface area (Å²) in [6.45, 7) is 0. The Hall–Kier alpha value is -2.22. The molecule has 1 atom stereocenters. The molecule has 0 fully saturated rings. The Morgan fingerprint density at radius 1 is 1.50 bits per heavy atom. The van der Waals surface area contributed by atoms with Gasteiger partial charge in [0.25, 0.3) is 5.91 Å².